The van der Waals surface area contributed by atoms with Crippen molar-refractivity contribution >= 4 is 0 Å². The van der Waals surface area contributed by atoms with Crippen LogP contribution < -0.4 is 28.7 Å². The first-order valence-corrected chi connectivity index (χ1v) is 10.7. The van der Waals surface area contributed by atoms with Gasteiger partial charge < -0.3 is 68.0 Å². The van der Waals surface area contributed by atoms with E-state index in [2.05, 4.69) is 0 Å². The van der Waals surface area contributed by atoms with Gasteiger partial charge in [0.2, 0.25) is 0 Å². The number of rotatable bonds is 6. The molecule has 1 saturated carbocycles. The molecule has 2 saturated heterocycles. The molecule has 13 atom stereocenters. The highest BCUT2D eigenvalue weighted by Gasteiger charge is 2.49. The van der Waals surface area contributed by atoms with Crippen LogP contribution in [0.25, 0.3) is 0 Å². The molecular formula is C18H37N5O8. The molecule has 0 radical (unpaired) electrons. The summed E-state index contributed by atoms with van der Waals surface area (Å²) in [7, 11) is 0. The van der Waals surface area contributed by atoms with Crippen LogP contribution in [0.15, 0.2) is 0 Å². The quantitative estimate of drug-likeness (QED) is 0.183. The smallest absolute Gasteiger partial charge is 0.186 e. The number of ether oxygens (including phenoxy) is 4. The summed E-state index contributed by atoms with van der Waals surface area (Å²) in [5.41, 5.74) is 30.0. The first kappa shape index (κ1) is 25.1. The molecule has 0 aromatic heterocycles. The van der Waals surface area contributed by atoms with Crippen LogP contribution in [0.1, 0.15) is 19.3 Å². The fourth-order valence-corrected chi connectivity index (χ4v) is 4.36. The molecule has 0 aromatic carbocycles. The number of aliphatic hydroxyl groups excluding tert-OH is 4. The molecule has 14 N–H and O–H groups in total. The number of hydrogen-bond donors (Lipinski definition) is 9. The average Bonchev–Trinajstić information content (AvgIpc) is 2.75. The van der Waals surface area contributed by atoms with Crippen LogP contribution in [0.3, 0.4) is 0 Å². The van der Waals surface area contributed by atoms with Crippen LogP contribution in [-0.2, 0) is 18.9 Å². The van der Waals surface area contributed by atoms with Crippen molar-refractivity contribution in [2.75, 3.05) is 13.2 Å². The SMILES string of the molecule is NCC1CCC(N)[C@@H](OC2C(O)[C@@H](O[C@H]3OC(CO)[C@@H](O)C(N)C3O)C(N)C[C@@H]2N)O1. The zero-order valence-electron chi connectivity index (χ0n) is 17.3. The highest BCUT2D eigenvalue weighted by atomic mass is 16.7. The Hall–Kier alpha value is -0.520. The van der Waals surface area contributed by atoms with E-state index in [0.717, 1.165) is 0 Å². The number of hydrogen-bond acceptors (Lipinski definition) is 13. The van der Waals surface area contributed by atoms with Gasteiger partial charge in [-0.05, 0) is 19.3 Å². The second-order valence-electron chi connectivity index (χ2n) is 8.64. The highest BCUT2D eigenvalue weighted by molar-refractivity contribution is 5.00. The molecule has 182 valence electrons. The van der Waals surface area contributed by atoms with Crippen LogP contribution in [0.2, 0.25) is 0 Å². The fourth-order valence-electron chi connectivity index (χ4n) is 4.36. The Morgan fingerprint density at radius 3 is 1.97 bits per heavy atom. The maximum absolute atomic E-state index is 11.0. The van der Waals surface area contributed by atoms with Crippen molar-refractivity contribution in [2.24, 2.45) is 28.7 Å². The Bertz CT molecular complexity index is 577. The topological polar surface area (TPSA) is 248 Å². The summed E-state index contributed by atoms with van der Waals surface area (Å²) >= 11 is 0. The third-order valence-electron chi connectivity index (χ3n) is 6.34. The van der Waals surface area contributed by atoms with Crippen molar-refractivity contribution in [3.8, 4) is 0 Å². The van der Waals surface area contributed by atoms with Gasteiger partial charge in [0.15, 0.2) is 12.6 Å². The van der Waals surface area contributed by atoms with Gasteiger partial charge in [0.1, 0.15) is 36.6 Å². The van der Waals surface area contributed by atoms with Gasteiger partial charge in [-0.1, -0.05) is 0 Å². The van der Waals surface area contributed by atoms with E-state index in [1.807, 2.05) is 0 Å². The van der Waals surface area contributed by atoms with Crippen molar-refractivity contribution in [3.63, 3.8) is 0 Å². The van der Waals surface area contributed by atoms with Crippen molar-refractivity contribution in [2.45, 2.75) is 98.7 Å². The minimum Gasteiger partial charge on any atom is -0.394 e. The van der Waals surface area contributed by atoms with Crippen LogP contribution in [0.5, 0.6) is 0 Å². The monoisotopic (exact) mass is 451 g/mol. The molecule has 3 fully saturated rings. The Morgan fingerprint density at radius 2 is 1.39 bits per heavy atom. The van der Waals surface area contributed by atoms with E-state index in [1.54, 1.807) is 0 Å². The first-order chi connectivity index (χ1) is 14.7. The van der Waals surface area contributed by atoms with Gasteiger partial charge >= 0.3 is 0 Å². The molecule has 31 heavy (non-hydrogen) atoms. The molecule has 0 amide bonds. The lowest BCUT2D eigenvalue weighted by Gasteiger charge is -2.47. The Labute approximate surface area is 180 Å². The Morgan fingerprint density at radius 1 is 0.774 bits per heavy atom. The maximum atomic E-state index is 11.0. The minimum absolute atomic E-state index is 0.204. The molecule has 13 nitrogen and oxygen atoms in total. The van der Waals surface area contributed by atoms with E-state index >= 15 is 0 Å². The number of aliphatic hydroxyl groups is 4. The van der Waals surface area contributed by atoms with E-state index in [-0.39, 0.29) is 12.5 Å². The van der Waals surface area contributed by atoms with Crippen molar-refractivity contribution in [1.29, 1.82) is 0 Å². The molecule has 2 aliphatic heterocycles. The molecule has 0 bridgehead atoms. The van der Waals surface area contributed by atoms with E-state index in [4.69, 9.17) is 47.6 Å². The second kappa shape index (κ2) is 10.6. The summed E-state index contributed by atoms with van der Waals surface area (Å²) in [6.07, 6.45) is -7.72. The molecule has 13 heteroatoms. The molecular weight excluding hydrogens is 414 g/mol. The van der Waals surface area contributed by atoms with Crippen LogP contribution in [0, 0.1) is 0 Å². The molecule has 0 aromatic rings. The zero-order chi connectivity index (χ0) is 22.9. The van der Waals surface area contributed by atoms with E-state index < -0.39 is 80.0 Å². The van der Waals surface area contributed by atoms with Gasteiger partial charge in [-0.3, -0.25) is 0 Å². The largest absolute Gasteiger partial charge is 0.394 e. The van der Waals surface area contributed by atoms with E-state index in [0.29, 0.717) is 19.4 Å². The predicted octanol–water partition coefficient (Wildman–Crippen LogP) is -5.27. The highest BCUT2D eigenvalue weighted by Crippen LogP contribution is 2.30. The lowest BCUT2D eigenvalue weighted by molar-refractivity contribution is -0.313. The molecule has 0 spiro atoms. The average molecular weight is 452 g/mol. The van der Waals surface area contributed by atoms with E-state index in [1.165, 1.54) is 0 Å². The van der Waals surface area contributed by atoms with Crippen molar-refractivity contribution < 1.29 is 39.4 Å². The fraction of sp³-hybridized carbons (Fsp3) is 1.00. The summed E-state index contributed by atoms with van der Waals surface area (Å²) < 4.78 is 23.0. The summed E-state index contributed by atoms with van der Waals surface area (Å²) in [5, 5.41) is 40.7. The summed E-state index contributed by atoms with van der Waals surface area (Å²) in [4.78, 5) is 0. The number of nitrogens with two attached hydrogens (primary N) is 5. The normalized spacial score (nSPS) is 51.6. The first-order valence-electron chi connectivity index (χ1n) is 10.7. The second-order valence-corrected chi connectivity index (χ2v) is 8.64. The van der Waals surface area contributed by atoms with Crippen LogP contribution in [0.4, 0.5) is 0 Å². The molecule has 8 unspecified atom stereocenters. The van der Waals surface area contributed by atoms with Gasteiger partial charge in [0, 0.05) is 18.6 Å². The summed E-state index contributed by atoms with van der Waals surface area (Å²) in [6, 6.07) is -2.85. The predicted molar refractivity (Wildman–Crippen MR) is 107 cm³/mol. The lowest BCUT2D eigenvalue weighted by Crippen LogP contribution is -2.68. The van der Waals surface area contributed by atoms with Gasteiger partial charge in [0.05, 0.1) is 24.8 Å². The maximum Gasteiger partial charge on any atom is 0.186 e. The van der Waals surface area contributed by atoms with E-state index in [9.17, 15) is 20.4 Å². The van der Waals surface area contributed by atoms with Crippen LogP contribution in [-0.4, -0.2) is 113 Å². The summed E-state index contributed by atoms with van der Waals surface area (Å²) in [5.74, 6) is 0. The molecule has 3 rings (SSSR count). The molecule has 2 heterocycles. The van der Waals surface area contributed by atoms with Crippen molar-refractivity contribution in [3.05, 3.63) is 0 Å². The van der Waals surface area contributed by atoms with Gasteiger partial charge in [0.25, 0.3) is 0 Å². The Kier molecular flexibility index (Phi) is 8.59. The molecule has 3 aliphatic rings. The summed E-state index contributed by atoms with van der Waals surface area (Å²) in [6.45, 7) is -0.214. The van der Waals surface area contributed by atoms with Gasteiger partial charge in [-0.25, -0.2) is 0 Å². The standard InChI is InChI=1S/C18H37N5O8/c19-4-6-1-2-7(20)17(28-6)30-15-8(21)3-9(22)16(14(15)27)31-18-13(26)11(23)12(25)10(5-24)29-18/h6-18,24-27H,1-5,19-23H2/t6?,7?,8-,9?,10?,11?,12+,13?,14?,15?,16-,17+,18+/m0/s1. The third kappa shape index (κ3) is 5.35. The lowest BCUT2D eigenvalue weighted by atomic mass is 9.84. The van der Waals surface area contributed by atoms with Crippen molar-refractivity contribution in [1.82, 2.24) is 0 Å². The minimum atomic E-state index is -1.41. The van der Waals surface area contributed by atoms with Crippen LogP contribution >= 0.6 is 0 Å². The van der Waals surface area contributed by atoms with Gasteiger partial charge in [-0.2, -0.15) is 0 Å². The van der Waals surface area contributed by atoms with Gasteiger partial charge in [-0.15, -0.1) is 0 Å². The molecule has 1 aliphatic carbocycles. The zero-order valence-corrected chi connectivity index (χ0v) is 17.3. The third-order valence-corrected chi connectivity index (χ3v) is 6.34. The Balaban J connectivity index is 1.69.